The van der Waals surface area contributed by atoms with E-state index >= 15 is 0 Å². The zero-order chi connectivity index (χ0) is 26.4. The van der Waals surface area contributed by atoms with Crippen molar-refractivity contribution in [3.8, 4) is 17.0 Å². The Hall–Kier alpha value is -2.90. The van der Waals surface area contributed by atoms with Crippen LogP contribution in [0.1, 0.15) is 53.1 Å². The van der Waals surface area contributed by atoms with Gasteiger partial charge in [-0.15, -0.1) is 11.3 Å². The van der Waals surface area contributed by atoms with Gasteiger partial charge < -0.3 is 19.7 Å². The van der Waals surface area contributed by atoms with Gasteiger partial charge in [0.1, 0.15) is 12.4 Å². The normalized spacial score (nSPS) is 22.0. The standard InChI is InChI=1S/C31H37N3O3S/c1-5-36-29(35)31-9-11-34(16-23(31)14-31)30-33-27(18-38-30)25-12-19(2)6-7-28(25)37-17-22-13-20(3)26-15-32-10-8-24(26)21(22)4/h6-7,12-13,18,23,32H,5,8-11,14-17H2,1-4H3/t23?,31-/m1/s1. The second-order valence-electron chi connectivity index (χ2n) is 11.1. The number of hydrogen-bond acceptors (Lipinski definition) is 7. The minimum absolute atomic E-state index is 0.00736. The van der Waals surface area contributed by atoms with Crippen LogP contribution in [0.3, 0.4) is 0 Å². The lowest BCUT2D eigenvalue weighted by atomic mass is 9.89. The first-order valence-corrected chi connectivity index (χ1v) is 14.7. The van der Waals surface area contributed by atoms with Crippen LogP contribution in [0.2, 0.25) is 0 Å². The van der Waals surface area contributed by atoms with Crippen LogP contribution in [0, 0.1) is 32.1 Å². The van der Waals surface area contributed by atoms with Crippen molar-refractivity contribution in [3.63, 3.8) is 0 Å². The smallest absolute Gasteiger partial charge is 0.312 e. The molecule has 1 saturated heterocycles. The van der Waals surface area contributed by atoms with Gasteiger partial charge in [-0.25, -0.2) is 4.98 Å². The van der Waals surface area contributed by atoms with E-state index in [1.807, 2.05) is 6.92 Å². The molecule has 1 aromatic heterocycles. The van der Waals surface area contributed by atoms with E-state index < -0.39 is 0 Å². The van der Waals surface area contributed by atoms with Crippen LogP contribution in [0.5, 0.6) is 5.75 Å². The molecule has 2 atom stereocenters. The number of benzene rings is 2. The first-order chi connectivity index (χ1) is 18.4. The Balaban J connectivity index is 1.19. The first kappa shape index (κ1) is 25.4. The summed E-state index contributed by atoms with van der Waals surface area (Å²) in [6.45, 7) is 13.1. The van der Waals surface area contributed by atoms with E-state index in [1.165, 1.54) is 33.4 Å². The monoisotopic (exact) mass is 531 g/mol. The highest BCUT2D eigenvalue weighted by Gasteiger charge is 2.63. The number of nitrogens with zero attached hydrogens (tertiary/aromatic N) is 2. The molecule has 7 heteroatoms. The quantitative estimate of drug-likeness (QED) is 0.392. The Morgan fingerprint density at radius 2 is 2.11 bits per heavy atom. The van der Waals surface area contributed by atoms with E-state index in [-0.39, 0.29) is 11.4 Å². The lowest BCUT2D eigenvalue weighted by Gasteiger charge is -2.30. The van der Waals surface area contributed by atoms with Gasteiger partial charge in [-0.05, 0) is 99.4 Å². The molecule has 6 rings (SSSR count). The van der Waals surface area contributed by atoms with Gasteiger partial charge in [0.15, 0.2) is 5.13 Å². The summed E-state index contributed by atoms with van der Waals surface area (Å²) in [6.07, 6.45) is 2.86. The zero-order valence-electron chi connectivity index (χ0n) is 22.9. The van der Waals surface area contributed by atoms with Crippen molar-refractivity contribution in [1.82, 2.24) is 10.3 Å². The van der Waals surface area contributed by atoms with E-state index in [1.54, 1.807) is 11.3 Å². The molecule has 0 spiro atoms. The average molecular weight is 532 g/mol. The summed E-state index contributed by atoms with van der Waals surface area (Å²) in [5, 5.41) is 6.66. The Morgan fingerprint density at radius 3 is 2.92 bits per heavy atom. The second kappa shape index (κ2) is 10.0. The molecular formula is C31H37N3O3S. The molecular weight excluding hydrogens is 494 g/mol. The number of aromatic nitrogens is 1. The number of carbonyl (C=O) groups excluding carboxylic acids is 1. The topological polar surface area (TPSA) is 63.7 Å². The zero-order valence-corrected chi connectivity index (χ0v) is 23.7. The second-order valence-corrected chi connectivity index (χ2v) is 12.0. The molecule has 1 unspecified atom stereocenters. The number of esters is 1. The summed E-state index contributed by atoms with van der Waals surface area (Å²) in [5.74, 6) is 1.23. The van der Waals surface area contributed by atoms with Gasteiger partial charge >= 0.3 is 5.97 Å². The number of carbonyl (C=O) groups is 1. The number of nitrogens with one attached hydrogen (secondary N) is 1. The fourth-order valence-corrected chi connectivity index (χ4v) is 7.22. The molecule has 0 amide bonds. The molecule has 1 N–H and O–H groups in total. The third kappa shape index (κ3) is 4.50. The van der Waals surface area contributed by atoms with Crippen molar-refractivity contribution in [2.45, 2.75) is 60.1 Å². The van der Waals surface area contributed by atoms with Gasteiger partial charge in [-0.1, -0.05) is 17.7 Å². The van der Waals surface area contributed by atoms with Crippen molar-refractivity contribution >= 4 is 22.4 Å². The van der Waals surface area contributed by atoms with Gasteiger partial charge in [0, 0.05) is 30.6 Å². The molecule has 1 saturated carbocycles. The van der Waals surface area contributed by atoms with Crippen LogP contribution < -0.4 is 15.0 Å². The molecule has 1 aliphatic carbocycles. The van der Waals surface area contributed by atoms with Crippen LogP contribution in [-0.2, 0) is 29.1 Å². The number of aryl methyl sites for hydroxylation is 2. The maximum absolute atomic E-state index is 12.5. The first-order valence-electron chi connectivity index (χ1n) is 13.8. The molecule has 2 aliphatic heterocycles. The SMILES string of the molecule is CCOC(=O)[C@@]12CCN(c3nc(-c4cc(C)ccc4OCc4cc(C)c5c(c4C)CCNC5)cs3)CC1C2. The fraction of sp³-hybridized carbons (Fsp3) is 0.484. The predicted octanol–water partition coefficient (Wildman–Crippen LogP) is 5.74. The Kier molecular flexibility index (Phi) is 6.68. The summed E-state index contributed by atoms with van der Waals surface area (Å²) in [7, 11) is 0. The Morgan fingerprint density at radius 1 is 1.24 bits per heavy atom. The van der Waals surface area contributed by atoms with Crippen LogP contribution in [-0.4, -0.2) is 37.2 Å². The maximum Gasteiger partial charge on any atom is 0.312 e. The van der Waals surface area contributed by atoms with E-state index in [4.69, 9.17) is 14.5 Å². The average Bonchev–Trinajstić information content (AvgIpc) is 3.47. The molecule has 38 heavy (non-hydrogen) atoms. The van der Waals surface area contributed by atoms with E-state index in [0.29, 0.717) is 19.1 Å². The number of piperidine rings is 1. The van der Waals surface area contributed by atoms with Gasteiger partial charge in [-0.3, -0.25) is 4.79 Å². The lowest BCUT2D eigenvalue weighted by Crippen LogP contribution is -2.38. The molecule has 3 aliphatic rings. The molecule has 2 fully saturated rings. The predicted molar refractivity (Wildman–Crippen MR) is 152 cm³/mol. The molecule has 0 radical (unpaired) electrons. The minimum atomic E-state index is -0.242. The Bertz CT molecular complexity index is 1380. The van der Waals surface area contributed by atoms with E-state index in [9.17, 15) is 4.79 Å². The van der Waals surface area contributed by atoms with Crippen molar-refractivity contribution < 1.29 is 14.3 Å². The highest BCUT2D eigenvalue weighted by atomic mass is 32.1. The van der Waals surface area contributed by atoms with Crippen molar-refractivity contribution in [2.24, 2.45) is 11.3 Å². The van der Waals surface area contributed by atoms with E-state index in [2.05, 4.69) is 60.6 Å². The summed E-state index contributed by atoms with van der Waals surface area (Å²) in [4.78, 5) is 19.9. The maximum atomic E-state index is 12.5. The van der Waals surface area contributed by atoms with Crippen LogP contribution >= 0.6 is 11.3 Å². The third-order valence-corrected chi connectivity index (χ3v) is 9.66. The number of ether oxygens (including phenoxy) is 2. The molecule has 6 nitrogen and oxygen atoms in total. The number of anilines is 1. The fourth-order valence-electron chi connectivity index (χ4n) is 6.35. The summed E-state index contributed by atoms with van der Waals surface area (Å²) >= 11 is 1.68. The molecule has 200 valence electrons. The third-order valence-electron chi connectivity index (χ3n) is 8.76. The molecule has 3 aromatic rings. The summed E-state index contributed by atoms with van der Waals surface area (Å²) in [5.41, 5.74) is 9.83. The highest BCUT2D eigenvalue weighted by Crippen LogP contribution is 2.59. The largest absolute Gasteiger partial charge is 0.488 e. The van der Waals surface area contributed by atoms with Gasteiger partial charge in [0.05, 0.1) is 17.7 Å². The number of fused-ring (bicyclic) bond motifs is 2. The lowest BCUT2D eigenvalue weighted by molar-refractivity contribution is -0.150. The van der Waals surface area contributed by atoms with Crippen molar-refractivity contribution in [3.05, 3.63) is 63.0 Å². The van der Waals surface area contributed by atoms with Crippen LogP contribution in [0.4, 0.5) is 5.13 Å². The van der Waals surface area contributed by atoms with Gasteiger partial charge in [-0.2, -0.15) is 0 Å². The van der Waals surface area contributed by atoms with Crippen molar-refractivity contribution in [2.75, 3.05) is 31.1 Å². The Labute approximate surface area is 229 Å². The highest BCUT2D eigenvalue weighted by molar-refractivity contribution is 7.14. The molecule has 0 bridgehead atoms. The number of thiazole rings is 1. The van der Waals surface area contributed by atoms with Gasteiger partial charge in [0.2, 0.25) is 0 Å². The van der Waals surface area contributed by atoms with Crippen molar-refractivity contribution in [1.29, 1.82) is 0 Å². The molecule has 3 heterocycles. The van der Waals surface area contributed by atoms with Crippen LogP contribution in [0.25, 0.3) is 11.3 Å². The number of rotatable bonds is 7. The number of hydrogen-bond donors (Lipinski definition) is 1. The summed E-state index contributed by atoms with van der Waals surface area (Å²) in [6, 6.07) is 8.65. The van der Waals surface area contributed by atoms with Gasteiger partial charge in [0.25, 0.3) is 0 Å². The minimum Gasteiger partial charge on any atom is -0.488 e. The molecule has 2 aromatic carbocycles. The van der Waals surface area contributed by atoms with Crippen LogP contribution in [0.15, 0.2) is 29.6 Å². The van der Waals surface area contributed by atoms with E-state index in [0.717, 1.165) is 67.6 Å². The summed E-state index contributed by atoms with van der Waals surface area (Å²) < 4.78 is 11.8.